The van der Waals surface area contributed by atoms with E-state index >= 15 is 0 Å². The van der Waals surface area contributed by atoms with Gasteiger partial charge >= 0.3 is 5.97 Å². The standard InChI is InChI=1S/C15H27NO3/c1-2-18-15(17)13-7-10-16(11-8-13)9-3-5-14-6-4-12-19-14/h13-14H,2-12H2,1H3. The SMILES string of the molecule is CCOC(=O)C1CCN(CCCC2CCCO2)CC1. The molecule has 19 heavy (non-hydrogen) atoms. The summed E-state index contributed by atoms with van der Waals surface area (Å²) in [7, 11) is 0. The molecule has 0 saturated carbocycles. The van der Waals surface area contributed by atoms with Crippen LogP contribution in [0.15, 0.2) is 0 Å². The van der Waals surface area contributed by atoms with Gasteiger partial charge in [-0.1, -0.05) is 0 Å². The van der Waals surface area contributed by atoms with Gasteiger partial charge in [-0.25, -0.2) is 0 Å². The average molecular weight is 269 g/mol. The maximum Gasteiger partial charge on any atom is 0.309 e. The van der Waals surface area contributed by atoms with Crippen LogP contribution in [0.2, 0.25) is 0 Å². The monoisotopic (exact) mass is 269 g/mol. The summed E-state index contributed by atoms with van der Waals surface area (Å²) in [4.78, 5) is 14.1. The first-order chi connectivity index (χ1) is 9.29. The fourth-order valence-corrected chi connectivity index (χ4v) is 3.07. The topological polar surface area (TPSA) is 38.8 Å². The molecule has 4 nitrogen and oxygen atoms in total. The van der Waals surface area contributed by atoms with E-state index in [1.165, 1.54) is 25.7 Å². The van der Waals surface area contributed by atoms with E-state index in [4.69, 9.17) is 9.47 Å². The summed E-state index contributed by atoms with van der Waals surface area (Å²) < 4.78 is 10.7. The second kappa shape index (κ2) is 7.85. The van der Waals surface area contributed by atoms with E-state index < -0.39 is 0 Å². The van der Waals surface area contributed by atoms with Crippen LogP contribution in [0.1, 0.15) is 45.4 Å². The molecule has 0 aromatic rings. The van der Waals surface area contributed by atoms with Crippen LogP contribution in [0.4, 0.5) is 0 Å². The molecule has 0 spiro atoms. The number of ether oxygens (including phenoxy) is 2. The Labute approximate surface area is 116 Å². The smallest absolute Gasteiger partial charge is 0.309 e. The second-order valence-electron chi connectivity index (χ2n) is 5.65. The fourth-order valence-electron chi connectivity index (χ4n) is 3.07. The van der Waals surface area contributed by atoms with Crippen molar-refractivity contribution < 1.29 is 14.3 Å². The van der Waals surface area contributed by atoms with Crippen LogP contribution < -0.4 is 0 Å². The molecule has 0 bridgehead atoms. The molecular weight excluding hydrogens is 242 g/mol. The molecule has 0 amide bonds. The van der Waals surface area contributed by atoms with Crippen molar-refractivity contribution in [1.82, 2.24) is 4.90 Å². The highest BCUT2D eigenvalue weighted by molar-refractivity contribution is 5.72. The summed E-state index contributed by atoms with van der Waals surface area (Å²) in [5, 5.41) is 0. The van der Waals surface area contributed by atoms with Crippen molar-refractivity contribution in [2.24, 2.45) is 5.92 Å². The maximum absolute atomic E-state index is 11.6. The molecule has 2 aliphatic heterocycles. The summed E-state index contributed by atoms with van der Waals surface area (Å²) in [6.07, 6.45) is 7.31. The number of hydrogen-bond donors (Lipinski definition) is 0. The molecule has 2 aliphatic rings. The van der Waals surface area contributed by atoms with Gasteiger partial charge < -0.3 is 14.4 Å². The summed E-state index contributed by atoms with van der Waals surface area (Å²) in [5.41, 5.74) is 0. The number of carbonyl (C=O) groups is 1. The minimum absolute atomic E-state index is 0.00139. The lowest BCUT2D eigenvalue weighted by molar-refractivity contribution is -0.149. The number of hydrogen-bond acceptors (Lipinski definition) is 4. The first-order valence-electron chi connectivity index (χ1n) is 7.80. The first kappa shape index (κ1) is 14.8. The largest absolute Gasteiger partial charge is 0.466 e. The minimum Gasteiger partial charge on any atom is -0.466 e. The van der Waals surface area contributed by atoms with Crippen LogP contribution in [0.5, 0.6) is 0 Å². The van der Waals surface area contributed by atoms with Crippen molar-refractivity contribution in [2.75, 3.05) is 32.8 Å². The van der Waals surface area contributed by atoms with E-state index in [1.54, 1.807) is 0 Å². The molecule has 2 heterocycles. The Hall–Kier alpha value is -0.610. The zero-order chi connectivity index (χ0) is 13.5. The third kappa shape index (κ3) is 4.77. The van der Waals surface area contributed by atoms with Gasteiger partial charge in [0.05, 0.1) is 18.6 Å². The molecule has 0 aromatic heterocycles. The number of piperidine rings is 1. The van der Waals surface area contributed by atoms with Gasteiger partial charge in [-0.2, -0.15) is 0 Å². The Kier molecular flexibility index (Phi) is 6.11. The Morgan fingerprint density at radius 1 is 1.32 bits per heavy atom. The number of rotatable bonds is 6. The van der Waals surface area contributed by atoms with Crippen molar-refractivity contribution >= 4 is 5.97 Å². The predicted octanol–water partition coefficient (Wildman–Crippen LogP) is 2.22. The van der Waals surface area contributed by atoms with Crippen LogP contribution in [0.25, 0.3) is 0 Å². The number of carbonyl (C=O) groups excluding carboxylic acids is 1. The Morgan fingerprint density at radius 3 is 2.74 bits per heavy atom. The van der Waals surface area contributed by atoms with Crippen molar-refractivity contribution in [3.63, 3.8) is 0 Å². The van der Waals surface area contributed by atoms with Gasteiger partial charge in [0.25, 0.3) is 0 Å². The molecule has 1 unspecified atom stereocenters. The van der Waals surface area contributed by atoms with Gasteiger partial charge in [-0.05, 0) is 65.1 Å². The minimum atomic E-state index is 0.00139. The van der Waals surface area contributed by atoms with Crippen molar-refractivity contribution in [3.8, 4) is 0 Å². The summed E-state index contributed by atoms with van der Waals surface area (Å²) in [6, 6.07) is 0. The summed E-state index contributed by atoms with van der Waals surface area (Å²) in [5.74, 6) is 0.135. The van der Waals surface area contributed by atoms with E-state index in [0.29, 0.717) is 12.7 Å². The maximum atomic E-state index is 11.6. The third-order valence-electron chi connectivity index (χ3n) is 4.23. The van der Waals surface area contributed by atoms with E-state index in [2.05, 4.69) is 4.90 Å². The molecule has 0 radical (unpaired) electrons. The van der Waals surface area contributed by atoms with Gasteiger partial charge in [-0.15, -0.1) is 0 Å². The van der Waals surface area contributed by atoms with E-state index in [0.717, 1.165) is 39.1 Å². The molecule has 0 N–H and O–H groups in total. The molecule has 2 saturated heterocycles. The van der Waals surface area contributed by atoms with Crippen molar-refractivity contribution in [1.29, 1.82) is 0 Å². The first-order valence-corrected chi connectivity index (χ1v) is 7.80. The quantitative estimate of drug-likeness (QED) is 0.693. The normalized spacial score (nSPS) is 25.6. The van der Waals surface area contributed by atoms with Gasteiger partial charge in [0.15, 0.2) is 0 Å². The number of likely N-dealkylation sites (tertiary alicyclic amines) is 1. The van der Waals surface area contributed by atoms with Gasteiger partial charge in [-0.3, -0.25) is 4.79 Å². The van der Waals surface area contributed by atoms with Crippen molar-refractivity contribution in [2.45, 2.75) is 51.6 Å². The molecule has 4 heteroatoms. The highest BCUT2D eigenvalue weighted by atomic mass is 16.5. The highest BCUT2D eigenvalue weighted by Gasteiger charge is 2.25. The fraction of sp³-hybridized carbons (Fsp3) is 0.933. The lowest BCUT2D eigenvalue weighted by Gasteiger charge is -2.30. The van der Waals surface area contributed by atoms with Crippen LogP contribution in [0.3, 0.4) is 0 Å². The van der Waals surface area contributed by atoms with Crippen LogP contribution in [-0.2, 0) is 14.3 Å². The molecular formula is C15H27NO3. The second-order valence-corrected chi connectivity index (χ2v) is 5.65. The number of nitrogens with zero attached hydrogens (tertiary/aromatic N) is 1. The zero-order valence-corrected chi connectivity index (χ0v) is 12.1. The Balaban J connectivity index is 1.56. The molecule has 2 fully saturated rings. The van der Waals surface area contributed by atoms with Gasteiger partial charge in [0, 0.05) is 6.61 Å². The van der Waals surface area contributed by atoms with E-state index in [9.17, 15) is 4.79 Å². The Morgan fingerprint density at radius 2 is 2.11 bits per heavy atom. The Bertz CT molecular complexity index is 269. The lowest BCUT2D eigenvalue weighted by Crippen LogP contribution is -2.37. The third-order valence-corrected chi connectivity index (χ3v) is 4.23. The zero-order valence-electron chi connectivity index (χ0n) is 12.1. The molecule has 2 rings (SSSR count). The van der Waals surface area contributed by atoms with Crippen LogP contribution in [-0.4, -0.2) is 49.8 Å². The molecule has 1 atom stereocenters. The average Bonchev–Trinajstić information content (AvgIpc) is 2.93. The lowest BCUT2D eigenvalue weighted by atomic mass is 9.97. The number of esters is 1. The molecule has 110 valence electrons. The molecule has 0 aromatic carbocycles. The van der Waals surface area contributed by atoms with E-state index in [1.807, 2.05) is 6.92 Å². The summed E-state index contributed by atoms with van der Waals surface area (Å²) >= 11 is 0. The highest BCUT2D eigenvalue weighted by Crippen LogP contribution is 2.20. The van der Waals surface area contributed by atoms with Crippen molar-refractivity contribution in [3.05, 3.63) is 0 Å². The predicted molar refractivity (Wildman–Crippen MR) is 74.0 cm³/mol. The molecule has 0 aliphatic carbocycles. The van der Waals surface area contributed by atoms with Crippen LogP contribution in [0, 0.1) is 5.92 Å². The van der Waals surface area contributed by atoms with Gasteiger partial charge in [0.1, 0.15) is 0 Å². The summed E-state index contributed by atoms with van der Waals surface area (Å²) in [6.45, 7) is 6.55. The van der Waals surface area contributed by atoms with E-state index in [-0.39, 0.29) is 11.9 Å². The van der Waals surface area contributed by atoms with Gasteiger partial charge in [0.2, 0.25) is 0 Å². The van der Waals surface area contributed by atoms with Crippen LogP contribution >= 0.6 is 0 Å².